The molecule has 6 heteroatoms. The molecule has 3 aromatic rings. The normalized spacial score (nSPS) is 12.0. The van der Waals surface area contributed by atoms with E-state index in [-0.39, 0.29) is 12.2 Å². The van der Waals surface area contributed by atoms with Crippen LogP contribution < -0.4 is 5.32 Å². The van der Waals surface area contributed by atoms with E-state index in [4.69, 9.17) is 8.94 Å². The molecule has 3 rings (SSSR count). The van der Waals surface area contributed by atoms with Crippen LogP contribution in [0.3, 0.4) is 0 Å². The Morgan fingerprint density at radius 2 is 2.00 bits per heavy atom. The van der Waals surface area contributed by atoms with Gasteiger partial charge in [-0.1, -0.05) is 35.5 Å². The smallest absolute Gasteiger partial charge is 0.273 e. The third kappa shape index (κ3) is 3.87. The van der Waals surface area contributed by atoms with Gasteiger partial charge in [0.15, 0.2) is 11.5 Å². The second-order valence-corrected chi connectivity index (χ2v) is 5.11. The van der Waals surface area contributed by atoms with Gasteiger partial charge in [0.1, 0.15) is 0 Å². The lowest BCUT2D eigenvalue weighted by atomic mass is 10.1. The fourth-order valence-electron chi connectivity index (χ4n) is 2.18. The summed E-state index contributed by atoms with van der Waals surface area (Å²) < 4.78 is 10.2. The van der Waals surface area contributed by atoms with Crippen LogP contribution in [0, 0.1) is 0 Å². The van der Waals surface area contributed by atoms with Crippen molar-refractivity contribution in [3.63, 3.8) is 0 Å². The van der Waals surface area contributed by atoms with Gasteiger partial charge in [-0.25, -0.2) is 0 Å². The Bertz CT molecular complexity index is 750. The zero-order valence-corrected chi connectivity index (χ0v) is 12.3. The number of carbonyl (C=O) groups is 1. The summed E-state index contributed by atoms with van der Waals surface area (Å²) in [7, 11) is 0. The maximum absolute atomic E-state index is 12.0. The SMILES string of the molecule is O=C(NC[C@@H](O)Cc1ccccc1)c1cc(-c2ccco2)on1. The topological polar surface area (TPSA) is 88.5 Å². The van der Waals surface area contributed by atoms with Crippen molar-refractivity contribution in [2.45, 2.75) is 12.5 Å². The molecule has 2 N–H and O–H groups in total. The van der Waals surface area contributed by atoms with Gasteiger partial charge in [0.2, 0.25) is 5.76 Å². The molecule has 2 heterocycles. The van der Waals surface area contributed by atoms with Gasteiger partial charge in [0, 0.05) is 19.0 Å². The maximum Gasteiger partial charge on any atom is 0.273 e. The van der Waals surface area contributed by atoms with Crippen molar-refractivity contribution >= 4 is 5.91 Å². The zero-order valence-electron chi connectivity index (χ0n) is 12.3. The molecule has 0 bridgehead atoms. The molecule has 0 fully saturated rings. The summed E-state index contributed by atoms with van der Waals surface area (Å²) in [6.45, 7) is 0.136. The van der Waals surface area contributed by atoms with Gasteiger partial charge in [0.25, 0.3) is 5.91 Å². The van der Waals surface area contributed by atoms with E-state index < -0.39 is 12.0 Å². The largest absolute Gasteiger partial charge is 0.461 e. The van der Waals surface area contributed by atoms with E-state index in [1.54, 1.807) is 12.1 Å². The number of amides is 1. The first-order valence-corrected chi connectivity index (χ1v) is 7.23. The van der Waals surface area contributed by atoms with Crippen LogP contribution in [0.15, 0.2) is 63.7 Å². The number of aliphatic hydroxyl groups is 1. The van der Waals surface area contributed by atoms with Crippen molar-refractivity contribution in [3.8, 4) is 11.5 Å². The number of furan rings is 1. The number of rotatable bonds is 6. The number of carbonyl (C=O) groups excluding carboxylic acids is 1. The minimum absolute atomic E-state index is 0.136. The summed E-state index contributed by atoms with van der Waals surface area (Å²) in [5.74, 6) is 0.476. The zero-order chi connectivity index (χ0) is 16.1. The standard InChI is InChI=1S/C17H16N2O4/c20-13(9-12-5-2-1-3-6-12)11-18-17(21)14-10-16(23-19-14)15-7-4-8-22-15/h1-8,10,13,20H,9,11H2,(H,18,21)/t13-/m0/s1. The highest BCUT2D eigenvalue weighted by molar-refractivity contribution is 5.92. The van der Waals surface area contributed by atoms with Crippen LogP contribution in [0.2, 0.25) is 0 Å². The van der Waals surface area contributed by atoms with Crippen molar-refractivity contribution in [1.82, 2.24) is 10.5 Å². The molecule has 0 saturated heterocycles. The van der Waals surface area contributed by atoms with Crippen molar-refractivity contribution in [2.75, 3.05) is 6.54 Å². The number of hydrogen-bond acceptors (Lipinski definition) is 5. The second kappa shape index (κ2) is 6.93. The van der Waals surface area contributed by atoms with Crippen LogP contribution in [0.25, 0.3) is 11.5 Å². The highest BCUT2D eigenvalue weighted by Gasteiger charge is 2.16. The number of benzene rings is 1. The highest BCUT2D eigenvalue weighted by Crippen LogP contribution is 2.20. The minimum atomic E-state index is -0.669. The summed E-state index contributed by atoms with van der Waals surface area (Å²) >= 11 is 0. The Kier molecular flexibility index (Phi) is 4.54. The lowest BCUT2D eigenvalue weighted by Gasteiger charge is -2.11. The first-order valence-electron chi connectivity index (χ1n) is 7.23. The summed E-state index contributed by atoms with van der Waals surface area (Å²) in [6, 6.07) is 14.5. The van der Waals surface area contributed by atoms with Gasteiger partial charge < -0.3 is 19.4 Å². The van der Waals surface area contributed by atoms with Crippen LogP contribution >= 0.6 is 0 Å². The van der Waals surface area contributed by atoms with Crippen LogP contribution in [0.5, 0.6) is 0 Å². The molecule has 0 aliphatic carbocycles. The summed E-state index contributed by atoms with van der Waals surface area (Å²) in [4.78, 5) is 12.0. The summed E-state index contributed by atoms with van der Waals surface area (Å²) in [5.41, 5.74) is 1.15. The Labute approximate surface area is 132 Å². The van der Waals surface area contributed by atoms with E-state index in [2.05, 4.69) is 10.5 Å². The second-order valence-electron chi connectivity index (χ2n) is 5.11. The van der Waals surface area contributed by atoms with Gasteiger partial charge in [-0.2, -0.15) is 0 Å². The van der Waals surface area contributed by atoms with Crippen molar-refractivity contribution in [1.29, 1.82) is 0 Å². The van der Waals surface area contributed by atoms with Gasteiger partial charge in [-0.05, 0) is 17.7 Å². The molecule has 0 radical (unpaired) electrons. The minimum Gasteiger partial charge on any atom is -0.461 e. The lowest BCUT2D eigenvalue weighted by Crippen LogP contribution is -2.33. The van der Waals surface area contributed by atoms with Crippen molar-refractivity contribution in [2.24, 2.45) is 0 Å². The molecule has 1 atom stereocenters. The van der Waals surface area contributed by atoms with E-state index in [1.807, 2.05) is 30.3 Å². The molecule has 0 spiro atoms. The average Bonchev–Trinajstić information content (AvgIpc) is 3.24. The number of nitrogens with zero attached hydrogens (tertiary/aromatic N) is 1. The van der Waals surface area contributed by atoms with Crippen LogP contribution in [-0.4, -0.2) is 28.8 Å². The first-order chi connectivity index (χ1) is 11.2. The Morgan fingerprint density at radius 1 is 1.17 bits per heavy atom. The first kappa shape index (κ1) is 15.1. The molecular formula is C17H16N2O4. The quantitative estimate of drug-likeness (QED) is 0.729. The summed E-state index contributed by atoms with van der Waals surface area (Å²) in [5, 5.41) is 16.3. The molecule has 0 saturated carbocycles. The van der Waals surface area contributed by atoms with E-state index in [9.17, 15) is 9.90 Å². The number of nitrogens with one attached hydrogen (secondary N) is 1. The fourth-order valence-corrected chi connectivity index (χ4v) is 2.18. The third-order valence-electron chi connectivity index (χ3n) is 3.32. The maximum atomic E-state index is 12.0. The fraction of sp³-hybridized carbons (Fsp3) is 0.176. The predicted octanol–water partition coefficient (Wildman–Crippen LogP) is 2.27. The molecule has 0 aliphatic rings. The molecule has 0 unspecified atom stereocenters. The van der Waals surface area contributed by atoms with Gasteiger partial charge in [-0.15, -0.1) is 0 Å². The van der Waals surface area contributed by atoms with Crippen LogP contribution in [-0.2, 0) is 6.42 Å². The molecule has 2 aromatic heterocycles. The van der Waals surface area contributed by atoms with Crippen molar-refractivity contribution in [3.05, 3.63) is 66.1 Å². The van der Waals surface area contributed by atoms with Crippen LogP contribution in [0.4, 0.5) is 0 Å². The van der Waals surface area contributed by atoms with Gasteiger partial charge >= 0.3 is 0 Å². The lowest BCUT2D eigenvalue weighted by molar-refractivity contribution is 0.0907. The molecule has 0 aliphatic heterocycles. The number of aliphatic hydroxyl groups excluding tert-OH is 1. The summed E-state index contributed by atoms with van der Waals surface area (Å²) in [6.07, 6.45) is 1.31. The van der Waals surface area contributed by atoms with Crippen LogP contribution in [0.1, 0.15) is 16.1 Å². The average molecular weight is 312 g/mol. The predicted molar refractivity (Wildman–Crippen MR) is 82.7 cm³/mol. The van der Waals surface area contributed by atoms with Crippen molar-refractivity contribution < 1.29 is 18.8 Å². The molecule has 118 valence electrons. The third-order valence-corrected chi connectivity index (χ3v) is 3.32. The number of aromatic nitrogens is 1. The van der Waals surface area contributed by atoms with E-state index in [1.165, 1.54) is 12.3 Å². The Balaban J connectivity index is 1.53. The number of hydrogen-bond donors (Lipinski definition) is 2. The molecular weight excluding hydrogens is 296 g/mol. The van der Waals surface area contributed by atoms with E-state index >= 15 is 0 Å². The Morgan fingerprint density at radius 3 is 2.74 bits per heavy atom. The van der Waals surface area contributed by atoms with E-state index in [0.717, 1.165) is 5.56 Å². The molecule has 23 heavy (non-hydrogen) atoms. The monoisotopic (exact) mass is 312 g/mol. The Hall–Kier alpha value is -2.86. The van der Waals surface area contributed by atoms with Gasteiger partial charge in [-0.3, -0.25) is 4.79 Å². The van der Waals surface area contributed by atoms with E-state index in [0.29, 0.717) is 17.9 Å². The molecule has 1 amide bonds. The highest BCUT2D eigenvalue weighted by atomic mass is 16.5. The van der Waals surface area contributed by atoms with Gasteiger partial charge in [0.05, 0.1) is 12.4 Å². The molecule has 1 aromatic carbocycles. The molecule has 6 nitrogen and oxygen atoms in total.